The fourth-order valence-electron chi connectivity index (χ4n) is 1.52. The van der Waals surface area contributed by atoms with E-state index in [-0.39, 0.29) is 18.5 Å². The summed E-state index contributed by atoms with van der Waals surface area (Å²) >= 11 is 0. The van der Waals surface area contributed by atoms with Crippen LogP contribution >= 0.6 is 0 Å². The van der Waals surface area contributed by atoms with Crippen LogP contribution in [0.3, 0.4) is 0 Å². The summed E-state index contributed by atoms with van der Waals surface area (Å²) in [5, 5.41) is 0. The lowest BCUT2D eigenvalue weighted by molar-refractivity contribution is -0.173. The molecular formula is C11H10F4N2O. The van der Waals surface area contributed by atoms with E-state index in [2.05, 4.69) is 14.7 Å². The van der Waals surface area contributed by atoms with Gasteiger partial charge in [0.15, 0.2) is 5.82 Å². The minimum atomic E-state index is -4.33. The number of alkyl halides is 3. The summed E-state index contributed by atoms with van der Waals surface area (Å²) in [7, 11) is 0. The van der Waals surface area contributed by atoms with Crippen LogP contribution in [0.25, 0.3) is 11.0 Å². The summed E-state index contributed by atoms with van der Waals surface area (Å²) in [5.74, 6) is -0.0662. The summed E-state index contributed by atoms with van der Waals surface area (Å²) in [6, 6.07) is 4.44. The SMILES string of the molecule is Fc1cccc2[nH]c(CCOCC(F)(F)F)nc12. The number of ether oxygens (including phenoxy) is 1. The highest BCUT2D eigenvalue weighted by molar-refractivity contribution is 5.75. The predicted octanol–water partition coefficient (Wildman–Crippen LogP) is 2.82. The van der Waals surface area contributed by atoms with Crippen LogP contribution in [0.5, 0.6) is 0 Å². The average Bonchev–Trinajstić information content (AvgIpc) is 2.68. The highest BCUT2D eigenvalue weighted by atomic mass is 19.4. The van der Waals surface area contributed by atoms with Crippen LogP contribution in [-0.4, -0.2) is 29.4 Å². The number of imidazole rings is 1. The second-order valence-electron chi connectivity index (χ2n) is 3.74. The number of H-pyrrole nitrogens is 1. The molecule has 0 saturated carbocycles. The van der Waals surface area contributed by atoms with Crippen molar-refractivity contribution in [3.8, 4) is 0 Å². The van der Waals surface area contributed by atoms with Gasteiger partial charge in [-0.05, 0) is 12.1 Å². The maximum absolute atomic E-state index is 13.3. The molecule has 2 rings (SSSR count). The third-order valence-corrected chi connectivity index (χ3v) is 2.26. The van der Waals surface area contributed by atoms with Crippen molar-refractivity contribution in [3.05, 3.63) is 29.8 Å². The Morgan fingerprint density at radius 3 is 2.72 bits per heavy atom. The molecular weight excluding hydrogens is 252 g/mol. The second kappa shape index (κ2) is 4.93. The van der Waals surface area contributed by atoms with E-state index in [0.717, 1.165) is 0 Å². The normalized spacial score (nSPS) is 12.2. The molecule has 2 aromatic rings. The zero-order chi connectivity index (χ0) is 13.2. The Bertz CT molecular complexity index is 535. The van der Waals surface area contributed by atoms with Gasteiger partial charge in [0.25, 0.3) is 0 Å². The molecule has 1 heterocycles. The van der Waals surface area contributed by atoms with E-state index in [0.29, 0.717) is 11.3 Å². The van der Waals surface area contributed by atoms with E-state index in [4.69, 9.17) is 0 Å². The monoisotopic (exact) mass is 262 g/mol. The van der Waals surface area contributed by atoms with Gasteiger partial charge in [-0.25, -0.2) is 9.37 Å². The van der Waals surface area contributed by atoms with Crippen LogP contribution in [0, 0.1) is 5.82 Å². The van der Waals surface area contributed by atoms with Crippen LogP contribution in [0.4, 0.5) is 17.6 Å². The van der Waals surface area contributed by atoms with Crippen LogP contribution < -0.4 is 0 Å². The summed E-state index contributed by atoms with van der Waals surface area (Å²) < 4.78 is 53.1. The molecule has 0 unspecified atom stereocenters. The van der Waals surface area contributed by atoms with Gasteiger partial charge >= 0.3 is 6.18 Å². The number of nitrogens with zero attached hydrogens (tertiary/aromatic N) is 1. The van der Waals surface area contributed by atoms with Gasteiger partial charge in [0.2, 0.25) is 0 Å². The standard InChI is InChI=1S/C11H10F4N2O/c12-7-2-1-3-8-10(7)17-9(16-8)4-5-18-6-11(13,14)15/h1-3H,4-6H2,(H,16,17). The topological polar surface area (TPSA) is 37.9 Å². The number of para-hydroxylation sites is 1. The number of fused-ring (bicyclic) bond motifs is 1. The third kappa shape index (κ3) is 3.19. The number of halogens is 4. The lowest BCUT2D eigenvalue weighted by atomic mass is 10.3. The molecule has 0 radical (unpaired) electrons. The van der Waals surface area contributed by atoms with E-state index in [1.807, 2.05) is 0 Å². The van der Waals surface area contributed by atoms with Gasteiger partial charge in [-0.1, -0.05) is 6.07 Å². The minimum absolute atomic E-state index is 0.124. The Labute approximate surface area is 99.8 Å². The van der Waals surface area contributed by atoms with Gasteiger partial charge in [-0.2, -0.15) is 13.2 Å². The fraction of sp³-hybridized carbons (Fsp3) is 0.364. The van der Waals surface area contributed by atoms with Gasteiger partial charge in [-0.3, -0.25) is 0 Å². The molecule has 1 aromatic carbocycles. The minimum Gasteiger partial charge on any atom is -0.372 e. The molecule has 7 heteroatoms. The largest absolute Gasteiger partial charge is 0.411 e. The van der Waals surface area contributed by atoms with Gasteiger partial charge in [0, 0.05) is 6.42 Å². The highest BCUT2D eigenvalue weighted by Gasteiger charge is 2.27. The Morgan fingerprint density at radius 2 is 2.06 bits per heavy atom. The van der Waals surface area contributed by atoms with Crippen molar-refractivity contribution in [1.29, 1.82) is 0 Å². The molecule has 3 nitrogen and oxygen atoms in total. The summed E-state index contributed by atoms with van der Waals surface area (Å²) in [6.07, 6.45) is -4.16. The quantitative estimate of drug-likeness (QED) is 0.679. The number of rotatable bonds is 4. The first-order valence-electron chi connectivity index (χ1n) is 5.23. The summed E-state index contributed by atoms with van der Waals surface area (Å²) in [4.78, 5) is 6.78. The van der Waals surface area contributed by atoms with Crippen molar-refractivity contribution in [3.63, 3.8) is 0 Å². The zero-order valence-electron chi connectivity index (χ0n) is 9.22. The Balaban J connectivity index is 1.94. The maximum Gasteiger partial charge on any atom is 0.411 e. The molecule has 1 N–H and O–H groups in total. The van der Waals surface area contributed by atoms with Crippen molar-refractivity contribution in [2.24, 2.45) is 0 Å². The van der Waals surface area contributed by atoms with E-state index < -0.39 is 18.6 Å². The van der Waals surface area contributed by atoms with Crippen LogP contribution in [-0.2, 0) is 11.2 Å². The molecule has 0 spiro atoms. The second-order valence-corrected chi connectivity index (χ2v) is 3.74. The molecule has 0 saturated heterocycles. The number of nitrogens with one attached hydrogen (secondary N) is 1. The molecule has 0 bridgehead atoms. The molecule has 18 heavy (non-hydrogen) atoms. The van der Waals surface area contributed by atoms with Gasteiger partial charge in [0.1, 0.15) is 17.9 Å². The molecule has 98 valence electrons. The number of aromatic nitrogens is 2. The Hall–Kier alpha value is -1.63. The van der Waals surface area contributed by atoms with Crippen molar-refractivity contribution < 1.29 is 22.3 Å². The first-order valence-corrected chi connectivity index (χ1v) is 5.23. The van der Waals surface area contributed by atoms with E-state index in [1.54, 1.807) is 6.07 Å². The molecule has 0 fully saturated rings. The lowest BCUT2D eigenvalue weighted by Crippen LogP contribution is -2.18. The van der Waals surface area contributed by atoms with E-state index >= 15 is 0 Å². The van der Waals surface area contributed by atoms with Gasteiger partial charge < -0.3 is 9.72 Å². The molecule has 0 amide bonds. The van der Waals surface area contributed by atoms with Crippen molar-refractivity contribution >= 4 is 11.0 Å². The van der Waals surface area contributed by atoms with Gasteiger partial charge in [0.05, 0.1) is 12.1 Å². The van der Waals surface area contributed by atoms with Crippen LogP contribution in [0.15, 0.2) is 18.2 Å². The fourth-order valence-corrected chi connectivity index (χ4v) is 1.52. The third-order valence-electron chi connectivity index (χ3n) is 2.26. The Kier molecular flexibility index (Phi) is 3.51. The van der Waals surface area contributed by atoms with Crippen LogP contribution in [0.1, 0.15) is 5.82 Å². The smallest absolute Gasteiger partial charge is 0.372 e. The lowest BCUT2D eigenvalue weighted by Gasteiger charge is -2.06. The Morgan fingerprint density at radius 1 is 1.28 bits per heavy atom. The first kappa shape index (κ1) is 12.8. The molecule has 0 aliphatic carbocycles. The summed E-state index contributed by atoms with van der Waals surface area (Å²) in [6.45, 7) is -1.41. The van der Waals surface area contributed by atoms with Crippen LogP contribution in [0.2, 0.25) is 0 Å². The first-order chi connectivity index (χ1) is 8.46. The number of hydrogen-bond donors (Lipinski definition) is 1. The van der Waals surface area contributed by atoms with Crippen molar-refractivity contribution in [1.82, 2.24) is 9.97 Å². The average molecular weight is 262 g/mol. The number of benzene rings is 1. The highest BCUT2D eigenvalue weighted by Crippen LogP contribution is 2.16. The van der Waals surface area contributed by atoms with Crippen molar-refractivity contribution in [2.45, 2.75) is 12.6 Å². The van der Waals surface area contributed by atoms with Gasteiger partial charge in [-0.15, -0.1) is 0 Å². The molecule has 0 atom stereocenters. The van der Waals surface area contributed by atoms with Crippen molar-refractivity contribution in [2.75, 3.05) is 13.2 Å². The van der Waals surface area contributed by atoms with E-state index in [1.165, 1.54) is 12.1 Å². The molecule has 0 aliphatic heterocycles. The van der Waals surface area contributed by atoms with E-state index in [9.17, 15) is 17.6 Å². The predicted molar refractivity (Wildman–Crippen MR) is 56.6 cm³/mol. The number of aromatic amines is 1. The summed E-state index contributed by atoms with van der Waals surface area (Å²) in [5.41, 5.74) is 0.698. The maximum atomic E-state index is 13.3. The molecule has 0 aliphatic rings. The molecule has 1 aromatic heterocycles. The number of hydrogen-bond acceptors (Lipinski definition) is 2. The zero-order valence-corrected chi connectivity index (χ0v) is 9.22.